The van der Waals surface area contributed by atoms with Crippen LogP contribution in [0.5, 0.6) is 17.2 Å². The number of nitrogens with zero attached hydrogens (tertiary/aromatic N) is 3. The van der Waals surface area contributed by atoms with E-state index in [9.17, 15) is 29.8 Å². The number of Topliss-reactive ketones (excluding diaryl/α,β-unsaturated/α-hetero) is 2. The SMILES string of the molecule is COc1cc(C2C3=C(CC(C)(C)CC3=O)N(CCc3ccccc3)C3=C2C(=O)CC(C)(C)C3)cc(Br)c1Oc1ccc([N+](=O)[O-])cc1[N+](=O)[O-]. The third-order valence-corrected chi connectivity index (χ3v) is 10.2. The van der Waals surface area contributed by atoms with Gasteiger partial charge in [0.2, 0.25) is 5.75 Å². The Labute approximate surface area is 298 Å². The molecule has 0 fully saturated rings. The summed E-state index contributed by atoms with van der Waals surface area (Å²) in [6.45, 7) is 9.02. The Morgan fingerprint density at radius 2 is 1.42 bits per heavy atom. The molecule has 3 aromatic carbocycles. The maximum absolute atomic E-state index is 14.3. The van der Waals surface area contributed by atoms with Gasteiger partial charge < -0.3 is 14.4 Å². The summed E-state index contributed by atoms with van der Waals surface area (Å²) in [5, 5.41) is 23.1. The van der Waals surface area contributed by atoms with Crippen LogP contribution < -0.4 is 9.47 Å². The number of allylic oxidation sites excluding steroid dienone is 4. The lowest BCUT2D eigenvalue weighted by Crippen LogP contribution is -2.45. The molecular weight excluding hydrogens is 706 g/mol. The van der Waals surface area contributed by atoms with Gasteiger partial charge in [-0.3, -0.25) is 29.8 Å². The zero-order valence-electron chi connectivity index (χ0n) is 28.6. The highest BCUT2D eigenvalue weighted by molar-refractivity contribution is 9.10. The molecule has 1 aliphatic heterocycles. The van der Waals surface area contributed by atoms with Crippen molar-refractivity contribution in [1.82, 2.24) is 4.90 Å². The molecule has 0 unspecified atom stereocenters. The zero-order valence-corrected chi connectivity index (χ0v) is 30.2. The van der Waals surface area contributed by atoms with Gasteiger partial charge in [-0.1, -0.05) is 58.0 Å². The number of benzene rings is 3. The Kier molecular flexibility index (Phi) is 9.19. The van der Waals surface area contributed by atoms with E-state index in [1.807, 2.05) is 18.2 Å². The number of hydrogen-bond acceptors (Lipinski definition) is 9. The molecule has 3 aliphatic rings. The maximum atomic E-state index is 14.3. The van der Waals surface area contributed by atoms with Crippen LogP contribution in [0, 0.1) is 31.1 Å². The van der Waals surface area contributed by atoms with Crippen LogP contribution in [-0.2, 0) is 16.0 Å². The highest BCUT2D eigenvalue weighted by atomic mass is 79.9. The molecular formula is C38H38BrN3O8. The molecule has 260 valence electrons. The highest BCUT2D eigenvalue weighted by Gasteiger charge is 2.49. The number of hydrogen-bond donors (Lipinski definition) is 0. The van der Waals surface area contributed by atoms with E-state index in [2.05, 4.69) is 60.7 Å². The first-order valence-corrected chi connectivity index (χ1v) is 17.2. The van der Waals surface area contributed by atoms with Crippen LogP contribution in [0.4, 0.5) is 11.4 Å². The van der Waals surface area contributed by atoms with Gasteiger partial charge in [0.1, 0.15) is 0 Å². The summed E-state index contributed by atoms with van der Waals surface area (Å²) >= 11 is 3.57. The number of nitro groups is 2. The van der Waals surface area contributed by atoms with Crippen LogP contribution in [0.2, 0.25) is 0 Å². The summed E-state index contributed by atoms with van der Waals surface area (Å²) in [6.07, 6.45) is 2.73. The number of carbonyl (C=O) groups excluding carboxylic acids is 2. The van der Waals surface area contributed by atoms with Gasteiger partial charge in [0.15, 0.2) is 23.1 Å². The molecule has 0 amide bonds. The van der Waals surface area contributed by atoms with Crippen molar-refractivity contribution in [2.75, 3.05) is 13.7 Å². The summed E-state index contributed by atoms with van der Waals surface area (Å²) in [7, 11) is 1.42. The third-order valence-electron chi connectivity index (χ3n) is 9.64. The Hall–Kier alpha value is -4.84. The number of ether oxygens (including phenoxy) is 2. The Balaban J connectivity index is 1.50. The van der Waals surface area contributed by atoms with E-state index in [-0.39, 0.29) is 39.6 Å². The number of halogens is 1. The van der Waals surface area contributed by atoms with Gasteiger partial charge in [-0.15, -0.1) is 0 Å². The number of rotatable bonds is 9. The second-order valence-electron chi connectivity index (χ2n) is 14.7. The molecule has 0 saturated heterocycles. The van der Waals surface area contributed by atoms with Crippen LogP contribution in [-0.4, -0.2) is 40.0 Å². The van der Waals surface area contributed by atoms with E-state index >= 15 is 0 Å². The molecule has 0 atom stereocenters. The molecule has 50 heavy (non-hydrogen) atoms. The molecule has 0 spiro atoms. The third kappa shape index (κ3) is 6.68. The molecule has 0 aromatic heterocycles. The standard InChI is InChI=1S/C38H38BrN3O8/c1-37(2)18-27-34(29(43)20-37)33(35-28(19-38(3,4)21-30(35)44)40(27)14-13-22-9-7-6-8-10-22)23-15-25(39)36(32(16-23)49-5)50-31-12-11-24(41(45)46)17-26(31)42(47)48/h6-12,15-17,33H,13-14,18-21H2,1-5H3. The van der Waals surface area contributed by atoms with Crippen molar-refractivity contribution in [1.29, 1.82) is 0 Å². The smallest absolute Gasteiger partial charge is 0.318 e. The molecule has 0 radical (unpaired) electrons. The summed E-state index contributed by atoms with van der Waals surface area (Å²) in [5.41, 5.74) is 3.30. The molecule has 0 saturated carbocycles. The maximum Gasteiger partial charge on any atom is 0.318 e. The molecule has 0 bridgehead atoms. The summed E-state index contributed by atoms with van der Waals surface area (Å²) < 4.78 is 12.1. The summed E-state index contributed by atoms with van der Waals surface area (Å²) in [5.74, 6) is -0.593. The van der Waals surface area contributed by atoms with E-state index in [1.54, 1.807) is 12.1 Å². The number of non-ortho nitro benzene ring substituents is 1. The van der Waals surface area contributed by atoms with Crippen LogP contribution in [0.25, 0.3) is 0 Å². The second-order valence-corrected chi connectivity index (χ2v) is 15.6. The van der Waals surface area contributed by atoms with E-state index < -0.39 is 27.1 Å². The topological polar surface area (TPSA) is 142 Å². The lowest BCUT2D eigenvalue weighted by molar-refractivity contribution is -0.394. The van der Waals surface area contributed by atoms with Crippen molar-refractivity contribution in [3.05, 3.63) is 119 Å². The van der Waals surface area contributed by atoms with Crippen molar-refractivity contribution in [3.63, 3.8) is 0 Å². The van der Waals surface area contributed by atoms with E-state index in [4.69, 9.17) is 9.47 Å². The molecule has 6 rings (SSSR count). The van der Waals surface area contributed by atoms with E-state index in [1.165, 1.54) is 18.7 Å². The molecule has 3 aromatic rings. The van der Waals surface area contributed by atoms with Gasteiger partial charge in [0.25, 0.3) is 5.69 Å². The minimum atomic E-state index is -0.753. The van der Waals surface area contributed by atoms with Crippen LogP contribution in [0.3, 0.4) is 0 Å². The fraction of sp³-hybridized carbons (Fsp3) is 0.368. The average molecular weight is 745 g/mol. The van der Waals surface area contributed by atoms with Crippen LogP contribution >= 0.6 is 15.9 Å². The fourth-order valence-corrected chi connectivity index (χ4v) is 8.04. The molecule has 1 heterocycles. The van der Waals surface area contributed by atoms with Gasteiger partial charge in [0, 0.05) is 53.9 Å². The predicted molar refractivity (Wildman–Crippen MR) is 190 cm³/mol. The first-order chi connectivity index (χ1) is 23.6. The predicted octanol–water partition coefficient (Wildman–Crippen LogP) is 8.99. The quantitative estimate of drug-likeness (QED) is 0.155. The minimum Gasteiger partial charge on any atom is -0.493 e. The Bertz CT molecular complexity index is 1950. The zero-order chi connectivity index (χ0) is 36.1. The highest BCUT2D eigenvalue weighted by Crippen LogP contribution is 2.56. The number of methoxy groups -OCH3 is 1. The monoisotopic (exact) mass is 743 g/mol. The lowest BCUT2D eigenvalue weighted by Gasteiger charge is -2.49. The van der Waals surface area contributed by atoms with Gasteiger partial charge >= 0.3 is 5.69 Å². The Morgan fingerprint density at radius 3 is 1.96 bits per heavy atom. The number of ketones is 2. The van der Waals surface area contributed by atoms with Crippen molar-refractivity contribution < 1.29 is 28.9 Å². The van der Waals surface area contributed by atoms with E-state index in [0.29, 0.717) is 53.4 Å². The van der Waals surface area contributed by atoms with Crippen molar-refractivity contribution >= 4 is 38.9 Å². The second kappa shape index (κ2) is 13.1. The molecule has 0 N–H and O–H groups in total. The summed E-state index contributed by atoms with van der Waals surface area (Å²) in [4.78, 5) is 52.5. The Morgan fingerprint density at radius 1 is 0.820 bits per heavy atom. The van der Waals surface area contributed by atoms with E-state index in [0.717, 1.165) is 29.9 Å². The van der Waals surface area contributed by atoms with Crippen molar-refractivity contribution in [3.8, 4) is 17.2 Å². The van der Waals surface area contributed by atoms with Crippen LogP contribution in [0.1, 0.15) is 70.4 Å². The van der Waals surface area contributed by atoms with Gasteiger partial charge in [0.05, 0.1) is 27.5 Å². The van der Waals surface area contributed by atoms with Gasteiger partial charge in [-0.2, -0.15) is 0 Å². The molecule has 12 heteroatoms. The molecule has 2 aliphatic carbocycles. The largest absolute Gasteiger partial charge is 0.493 e. The van der Waals surface area contributed by atoms with Gasteiger partial charge in [-0.25, -0.2) is 0 Å². The number of carbonyl (C=O) groups is 2. The van der Waals surface area contributed by atoms with Crippen LogP contribution in [0.15, 0.2) is 87.7 Å². The minimum absolute atomic E-state index is 0.00735. The normalized spacial score (nSPS) is 18.5. The average Bonchev–Trinajstić information content (AvgIpc) is 3.03. The molecule has 11 nitrogen and oxygen atoms in total. The van der Waals surface area contributed by atoms with Crippen molar-refractivity contribution in [2.24, 2.45) is 10.8 Å². The lowest BCUT2D eigenvalue weighted by atomic mass is 9.63. The number of nitro benzene ring substituents is 2. The van der Waals surface area contributed by atoms with Crippen molar-refractivity contribution in [2.45, 2.75) is 65.7 Å². The summed E-state index contributed by atoms with van der Waals surface area (Å²) in [6, 6.07) is 16.8. The first kappa shape index (κ1) is 35.0. The first-order valence-electron chi connectivity index (χ1n) is 16.4. The van der Waals surface area contributed by atoms with Gasteiger partial charge in [-0.05, 0) is 75.3 Å². The fourth-order valence-electron chi connectivity index (χ4n) is 7.50.